The summed E-state index contributed by atoms with van der Waals surface area (Å²) in [6, 6.07) is 0. The quantitative estimate of drug-likeness (QED) is 0.554. The van der Waals surface area contributed by atoms with Crippen LogP contribution in [0.4, 0.5) is 0 Å². The molecule has 2 saturated carbocycles. The van der Waals surface area contributed by atoms with Gasteiger partial charge in [0.05, 0.1) is 0 Å². The third-order valence-corrected chi connectivity index (χ3v) is 4.06. The normalized spacial score (nSPS) is 39.2. The van der Waals surface area contributed by atoms with Gasteiger partial charge in [0.25, 0.3) is 0 Å². The van der Waals surface area contributed by atoms with Gasteiger partial charge in [-0.15, -0.1) is 0 Å². The molecule has 0 amide bonds. The lowest BCUT2D eigenvalue weighted by Gasteiger charge is -2.21. The average Bonchev–Trinajstić information content (AvgIpc) is 2.65. The minimum Gasteiger partial charge on any atom is -0.0654 e. The van der Waals surface area contributed by atoms with Gasteiger partial charge in [-0.2, -0.15) is 0 Å². The molecule has 0 nitrogen and oxygen atoms in total. The Balaban J connectivity index is 1.69. The van der Waals surface area contributed by atoms with Gasteiger partial charge >= 0.3 is 0 Å². The number of unbranched alkanes of at least 4 members (excludes halogenated alkanes) is 2. The van der Waals surface area contributed by atoms with E-state index in [-0.39, 0.29) is 0 Å². The van der Waals surface area contributed by atoms with Crippen LogP contribution in [0.3, 0.4) is 0 Å². The van der Waals surface area contributed by atoms with E-state index in [0.29, 0.717) is 0 Å². The molecule has 0 heteroatoms. The standard InChI is InChI=1S/C12H22/c1-2-3-4-5-11-8-10-6-7-12(11)9-10/h10-12H,2-9H2,1H3. The Bertz CT molecular complexity index is 139. The molecule has 2 bridgehead atoms. The molecule has 12 heavy (non-hydrogen) atoms. The van der Waals surface area contributed by atoms with Crippen LogP contribution in [0.5, 0.6) is 0 Å². The lowest BCUT2D eigenvalue weighted by atomic mass is 9.85. The minimum absolute atomic E-state index is 1.15. The van der Waals surface area contributed by atoms with Gasteiger partial charge in [-0.25, -0.2) is 0 Å². The summed E-state index contributed by atoms with van der Waals surface area (Å²) in [5.74, 6) is 3.46. The number of hydrogen-bond donors (Lipinski definition) is 0. The van der Waals surface area contributed by atoms with E-state index in [2.05, 4.69) is 6.92 Å². The van der Waals surface area contributed by atoms with Crippen molar-refractivity contribution in [2.45, 2.75) is 58.3 Å². The molecule has 3 unspecified atom stereocenters. The summed E-state index contributed by atoms with van der Waals surface area (Å²) in [5.41, 5.74) is 0. The van der Waals surface area contributed by atoms with Crippen LogP contribution >= 0.6 is 0 Å². The van der Waals surface area contributed by atoms with Gasteiger partial charge in [-0.05, 0) is 37.0 Å². The molecular formula is C12H22. The second kappa shape index (κ2) is 3.81. The van der Waals surface area contributed by atoms with Crippen molar-refractivity contribution in [2.24, 2.45) is 17.8 Å². The first kappa shape index (κ1) is 8.59. The third kappa shape index (κ3) is 1.67. The van der Waals surface area contributed by atoms with Gasteiger partial charge in [0.2, 0.25) is 0 Å². The van der Waals surface area contributed by atoms with Crippen molar-refractivity contribution in [1.82, 2.24) is 0 Å². The lowest BCUT2D eigenvalue weighted by molar-refractivity contribution is 0.306. The molecule has 3 atom stereocenters. The Kier molecular flexibility index (Phi) is 2.73. The fourth-order valence-corrected chi connectivity index (χ4v) is 3.39. The Hall–Kier alpha value is 0. The fraction of sp³-hybridized carbons (Fsp3) is 1.00. The van der Waals surface area contributed by atoms with E-state index < -0.39 is 0 Å². The van der Waals surface area contributed by atoms with E-state index in [9.17, 15) is 0 Å². The van der Waals surface area contributed by atoms with Crippen LogP contribution in [-0.2, 0) is 0 Å². The fourth-order valence-electron chi connectivity index (χ4n) is 3.39. The lowest BCUT2D eigenvalue weighted by Crippen LogP contribution is -2.09. The Labute approximate surface area is 76.7 Å². The maximum atomic E-state index is 2.31. The predicted octanol–water partition coefficient (Wildman–Crippen LogP) is 4.00. The van der Waals surface area contributed by atoms with E-state index in [1.165, 1.54) is 19.3 Å². The molecule has 70 valence electrons. The van der Waals surface area contributed by atoms with Crippen LogP contribution in [0.1, 0.15) is 58.3 Å². The summed E-state index contributed by atoms with van der Waals surface area (Å²) in [7, 11) is 0. The highest BCUT2D eigenvalue weighted by atomic mass is 14.4. The topological polar surface area (TPSA) is 0 Å². The van der Waals surface area contributed by atoms with E-state index in [4.69, 9.17) is 0 Å². The molecular weight excluding hydrogens is 144 g/mol. The molecule has 0 aromatic carbocycles. The molecule has 0 N–H and O–H groups in total. The maximum absolute atomic E-state index is 2.31. The van der Waals surface area contributed by atoms with Crippen LogP contribution in [0.15, 0.2) is 0 Å². The summed E-state index contributed by atoms with van der Waals surface area (Å²) >= 11 is 0. The van der Waals surface area contributed by atoms with Crippen molar-refractivity contribution in [1.29, 1.82) is 0 Å². The molecule has 0 saturated heterocycles. The van der Waals surface area contributed by atoms with E-state index in [1.807, 2.05) is 0 Å². The summed E-state index contributed by atoms with van der Waals surface area (Å²) in [6.45, 7) is 2.31. The molecule has 0 aromatic heterocycles. The minimum atomic E-state index is 1.15. The van der Waals surface area contributed by atoms with Crippen LogP contribution in [0.2, 0.25) is 0 Å². The van der Waals surface area contributed by atoms with Crippen LogP contribution in [-0.4, -0.2) is 0 Å². The van der Waals surface area contributed by atoms with Crippen LogP contribution in [0.25, 0.3) is 0 Å². The van der Waals surface area contributed by atoms with Crippen LogP contribution < -0.4 is 0 Å². The highest BCUT2D eigenvalue weighted by Crippen LogP contribution is 2.49. The van der Waals surface area contributed by atoms with Crippen molar-refractivity contribution < 1.29 is 0 Å². The summed E-state index contributed by atoms with van der Waals surface area (Å²) in [5, 5.41) is 0. The smallest absolute Gasteiger partial charge is 0.0383 e. The van der Waals surface area contributed by atoms with Gasteiger partial charge in [0, 0.05) is 0 Å². The number of rotatable bonds is 4. The van der Waals surface area contributed by atoms with Gasteiger partial charge in [0.15, 0.2) is 0 Å². The maximum Gasteiger partial charge on any atom is -0.0383 e. The Morgan fingerprint density at radius 1 is 1.08 bits per heavy atom. The summed E-state index contributed by atoms with van der Waals surface area (Å²) < 4.78 is 0. The Morgan fingerprint density at radius 2 is 2.00 bits per heavy atom. The van der Waals surface area contributed by atoms with Crippen molar-refractivity contribution in [3.05, 3.63) is 0 Å². The number of hydrogen-bond acceptors (Lipinski definition) is 0. The second-order valence-corrected chi connectivity index (χ2v) is 4.93. The third-order valence-electron chi connectivity index (χ3n) is 4.06. The van der Waals surface area contributed by atoms with E-state index >= 15 is 0 Å². The van der Waals surface area contributed by atoms with Crippen molar-refractivity contribution in [3.8, 4) is 0 Å². The largest absolute Gasteiger partial charge is 0.0654 e. The zero-order chi connectivity index (χ0) is 8.39. The Morgan fingerprint density at radius 3 is 2.58 bits per heavy atom. The molecule has 0 aliphatic heterocycles. The summed E-state index contributed by atoms with van der Waals surface area (Å²) in [4.78, 5) is 0. The highest BCUT2D eigenvalue weighted by Gasteiger charge is 2.38. The molecule has 2 aliphatic rings. The number of fused-ring (bicyclic) bond motifs is 2. The van der Waals surface area contributed by atoms with Gasteiger partial charge in [-0.1, -0.05) is 39.0 Å². The monoisotopic (exact) mass is 166 g/mol. The van der Waals surface area contributed by atoms with Crippen molar-refractivity contribution in [3.63, 3.8) is 0 Å². The molecule has 2 rings (SSSR count). The molecule has 2 fully saturated rings. The highest BCUT2D eigenvalue weighted by molar-refractivity contribution is 4.89. The first-order chi connectivity index (χ1) is 5.90. The van der Waals surface area contributed by atoms with Crippen molar-refractivity contribution >= 4 is 0 Å². The van der Waals surface area contributed by atoms with E-state index in [0.717, 1.165) is 17.8 Å². The average molecular weight is 166 g/mol. The van der Waals surface area contributed by atoms with E-state index in [1.54, 1.807) is 32.1 Å². The van der Waals surface area contributed by atoms with Gasteiger partial charge in [0.1, 0.15) is 0 Å². The molecule has 0 heterocycles. The zero-order valence-electron chi connectivity index (χ0n) is 8.39. The van der Waals surface area contributed by atoms with Crippen molar-refractivity contribution in [2.75, 3.05) is 0 Å². The molecule has 2 aliphatic carbocycles. The first-order valence-electron chi connectivity index (χ1n) is 5.90. The van der Waals surface area contributed by atoms with Gasteiger partial charge in [-0.3, -0.25) is 0 Å². The first-order valence-corrected chi connectivity index (χ1v) is 5.90. The van der Waals surface area contributed by atoms with Crippen LogP contribution in [0, 0.1) is 17.8 Å². The zero-order valence-corrected chi connectivity index (χ0v) is 8.39. The molecule has 0 radical (unpaired) electrons. The predicted molar refractivity (Wildman–Crippen MR) is 53.1 cm³/mol. The summed E-state index contributed by atoms with van der Waals surface area (Å²) in [6.07, 6.45) is 12.2. The molecule has 0 aromatic rings. The van der Waals surface area contributed by atoms with Gasteiger partial charge < -0.3 is 0 Å². The SMILES string of the molecule is CCCCCC1CC2CCC1C2. The second-order valence-electron chi connectivity index (χ2n) is 4.93. The molecule has 0 spiro atoms.